The molecule has 29 heavy (non-hydrogen) atoms. The molecule has 11 heteroatoms. The van der Waals surface area contributed by atoms with Crippen molar-refractivity contribution in [2.24, 2.45) is 5.92 Å². The average Bonchev–Trinajstić information content (AvgIpc) is 2.69. The molecule has 0 atom stereocenters. The molecule has 1 aliphatic rings. The molecular weight excluding hydrogens is 416 g/mol. The van der Waals surface area contributed by atoms with Gasteiger partial charge in [0.05, 0.1) is 23.9 Å². The van der Waals surface area contributed by atoms with Gasteiger partial charge in [-0.1, -0.05) is 11.6 Å². The highest BCUT2D eigenvalue weighted by molar-refractivity contribution is 6.33. The number of piperidine rings is 1. The van der Waals surface area contributed by atoms with E-state index in [1.165, 1.54) is 19.4 Å². The van der Waals surface area contributed by atoms with Crippen molar-refractivity contribution in [2.45, 2.75) is 19.0 Å². The summed E-state index contributed by atoms with van der Waals surface area (Å²) in [6.07, 6.45) is -1.78. The van der Waals surface area contributed by atoms with Crippen LogP contribution >= 0.6 is 11.6 Å². The van der Waals surface area contributed by atoms with Gasteiger partial charge in [0.2, 0.25) is 11.9 Å². The third-order valence-corrected chi connectivity index (χ3v) is 4.90. The monoisotopic (exact) mass is 432 g/mol. The fourth-order valence-electron chi connectivity index (χ4n) is 3.03. The number of carbonyl (C=O) groups is 1. The number of alkyl halides is 3. The van der Waals surface area contributed by atoms with Crippen molar-refractivity contribution >= 4 is 29.0 Å². The summed E-state index contributed by atoms with van der Waals surface area (Å²) in [7, 11) is 1.40. The summed E-state index contributed by atoms with van der Waals surface area (Å²) >= 11 is 5.98. The maximum absolute atomic E-state index is 13.8. The third-order valence-electron chi connectivity index (χ3n) is 4.62. The van der Waals surface area contributed by atoms with Crippen LogP contribution in [0.3, 0.4) is 0 Å². The van der Waals surface area contributed by atoms with Gasteiger partial charge < -0.3 is 15.0 Å². The van der Waals surface area contributed by atoms with Crippen molar-refractivity contribution in [1.82, 2.24) is 9.97 Å². The summed E-state index contributed by atoms with van der Waals surface area (Å²) in [6, 6.07) is 2.17. The minimum atomic E-state index is -4.52. The van der Waals surface area contributed by atoms with E-state index in [1.54, 1.807) is 4.90 Å². The number of rotatable bonds is 4. The highest BCUT2D eigenvalue weighted by Crippen LogP contribution is 2.34. The smallest absolute Gasteiger partial charge is 0.417 e. The number of hydrogen-bond acceptors (Lipinski definition) is 5. The van der Waals surface area contributed by atoms with Crippen molar-refractivity contribution < 1.29 is 27.1 Å². The molecule has 0 radical (unpaired) electrons. The number of methoxy groups -OCH3 is 1. The molecular formula is C18H17ClF4N4O2. The van der Waals surface area contributed by atoms with Crippen LogP contribution in [0.4, 0.5) is 29.1 Å². The summed E-state index contributed by atoms with van der Waals surface area (Å²) in [5.74, 6) is -1.05. The summed E-state index contributed by atoms with van der Waals surface area (Å²) in [4.78, 5) is 21.5. The standard InChI is InChI=1S/C18H17ClF4N4O2/c1-29-12-7-14(15(20)24-9-12)26-17(28)10-2-4-27(5-3-10)16-13(19)6-11(8-25-16)18(21,22)23/h6-10H,2-5H2,1H3,(H,26,28). The molecule has 0 aromatic carbocycles. The minimum absolute atomic E-state index is 0.0794. The van der Waals surface area contributed by atoms with Crippen LogP contribution in [0.5, 0.6) is 5.75 Å². The zero-order valence-electron chi connectivity index (χ0n) is 15.3. The first-order valence-electron chi connectivity index (χ1n) is 8.67. The largest absolute Gasteiger partial charge is 0.495 e. The van der Waals surface area contributed by atoms with Gasteiger partial charge in [0.15, 0.2) is 0 Å². The molecule has 0 bridgehead atoms. The van der Waals surface area contributed by atoms with Crippen LogP contribution in [0.1, 0.15) is 18.4 Å². The molecule has 1 N–H and O–H groups in total. The van der Waals surface area contributed by atoms with Crippen molar-refractivity contribution in [3.63, 3.8) is 0 Å². The van der Waals surface area contributed by atoms with E-state index < -0.39 is 23.6 Å². The molecule has 0 aliphatic carbocycles. The number of carbonyl (C=O) groups excluding carboxylic acids is 1. The third kappa shape index (κ3) is 4.87. The lowest BCUT2D eigenvalue weighted by Crippen LogP contribution is -2.38. The molecule has 1 fully saturated rings. The zero-order valence-corrected chi connectivity index (χ0v) is 16.0. The normalized spacial score (nSPS) is 15.3. The van der Waals surface area contributed by atoms with E-state index in [0.29, 0.717) is 31.7 Å². The first-order chi connectivity index (χ1) is 13.7. The molecule has 2 aromatic heterocycles. The van der Waals surface area contributed by atoms with Gasteiger partial charge in [-0.05, 0) is 18.9 Å². The topological polar surface area (TPSA) is 67.3 Å². The lowest BCUT2D eigenvalue weighted by Gasteiger charge is -2.32. The van der Waals surface area contributed by atoms with E-state index in [-0.39, 0.29) is 22.4 Å². The highest BCUT2D eigenvalue weighted by atomic mass is 35.5. The van der Waals surface area contributed by atoms with Gasteiger partial charge in [0.25, 0.3) is 0 Å². The fourth-order valence-corrected chi connectivity index (χ4v) is 3.32. The van der Waals surface area contributed by atoms with E-state index in [1.807, 2.05) is 0 Å². The molecule has 1 amide bonds. The molecule has 156 valence electrons. The number of hydrogen-bond donors (Lipinski definition) is 1. The van der Waals surface area contributed by atoms with E-state index >= 15 is 0 Å². The number of nitrogens with zero attached hydrogens (tertiary/aromatic N) is 3. The van der Waals surface area contributed by atoms with E-state index in [2.05, 4.69) is 15.3 Å². The van der Waals surface area contributed by atoms with E-state index in [9.17, 15) is 22.4 Å². The van der Waals surface area contributed by atoms with Crippen LogP contribution < -0.4 is 15.0 Å². The predicted molar refractivity (Wildman–Crippen MR) is 98.6 cm³/mol. The Balaban J connectivity index is 1.63. The number of anilines is 2. The van der Waals surface area contributed by atoms with Crippen molar-refractivity contribution in [2.75, 3.05) is 30.4 Å². The van der Waals surface area contributed by atoms with Gasteiger partial charge in [0, 0.05) is 31.3 Å². The average molecular weight is 433 g/mol. The van der Waals surface area contributed by atoms with Crippen molar-refractivity contribution in [1.29, 1.82) is 0 Å². The number of ether oxygens (including phenoxy) is 1. The minimum Gasteiger partial charge on any atom is -0.495 e. The van der Waals surface area contributed by atoms with Gasteiger partial charge in [0.1, 0.15) is 17.3 Å². The number of aromatic nitrogens is 2. The van der Waals surface area contributed by atoms with Gasteiger partial charge in [-0.2, -0.15) is 17.6 Å². The fraction of sp³-hybridized carbons (Fsp3) is 0.389. The summed E-state index contributed by atoms with van der Waals surface area (Å²) in [5, 5.41) is 2.40. The van der Waals surface area contributed by atoms with Crippen molar-refractivity contribution in [3.05, 3.63) is 41.1 Å². The van der Waals surface area contributed by atoms with Gasteiger partial charge >= 0.3 is 6.18 Å². The first kappa shape index (κ1) is 21.1. The molecule has 1 aliphatic heterocycles. The van der Waals surface area contributed by atoms with Crippen LogP contribution in [0.15, 0.2) is 24.5 Å². The van der Waals surface area contributed by atoms with Crippen LogP contribution in [0.25, 0.3) is 0 Å². The van der Waals surface area contributed by atoms with E-state index in [0.717, 1.165) is 12.3 Å². The Morgan fingerprint density at radius 2 is 1.93 bits per heavy atom. The van der Waals surface area contributed by atoms with Crippen LogP contribution in [0, 0.1) is 11.9 Å². The molecule has 0 unspecified atom stereocenters. The molecule has 6 nitrogen and oxygen atoms in total. The second-order valence-corrected chi connectivity index (χ2v) is 6.90. The second-order valence-electron chi connectivity index (χ2n) is 6.49. The number of amides is 1. The summed E-state index contributed by atoms with van der Waals surface area (Å²) < 4.78 is 57.0. The zero-order chi connectivity index (χ0) is 21.2. The lowest BCUT2D eigenvalue weighted by molar-refractivity contribution is -0.137. The number of pyridine rings is 2. The van der Waals surface area contributed by atoms with Crippen LogP contribution in [0.2, 0.25) is 5.02 Å². The molecule has 3 heterocycles. The molecule has 0 saturated carbocycles. The Labute approximate surface area is 168 Å². The molecule has 3 rings (SSSR count). The Morgan fingerprint density at radius 1 is 1.24 bits per heavy atom. The summed E-state index contributed by atoms with van der Waals surface area (Å²) in [5.41, 5.74) is -1.00. The molecule has 2 aromatic rings. The van der Waals surface area contributed by atoms with Crippen LogP contribution in [-0.2, 0) is 11.0 Å². The highest BCUT2D eigenvalue weighted by Gasteiger charge is 2.33. The Hall–Kier alpha value is -2.62. The molecule has 0 spiro atoms. The van der Waals surface area contributed by atoms with Gasteiger partial charge in [-0.15, -0.1) is 0 Å². The second kappa shape index (κ2) is 8.40. The van der Waals surface area contributed by atoms with Gasteiger partial charge in [-0.25, -0.2) is 9.97 Å². The number of halogens is 5. The SMILES string of the molecule is COc1cnc(F)c(NC(=O)C2CCN(c3ncc(C(F)(F)F)cc3Cl)CC2)c1. The van der Waals surface area contributed by atoms with Crippen LogP contribution in [-0.4, -0.2) is 36.1 Å². The maximum Gasteiger partial charge on any atom is 0.417 e. The molecule has 1 saturated heterocycles. The quantitative estimate of drug-likeness (QED) is 0.580. The van der Waals surface area contributed by atoms with Crippen molar-refractivity contribution in [3.8, 4) is 5.75 Å². The summed E-state index contributed by atoms with van der Waals surface area (Å²) in [6.45, 7) is 0.740. The maximum atomic E-state index is 13.8. The Kier molecular flexibility index (Phi) is 6.11. The Bertz CT molecular complexity index is 902. The number of nitrogens with one attached hydrogen (secondary N) is 1. The van der Waals surface area contributed by atoms with Gasteiger partial charge in [-0.3, -0.25) is 4.79 Å². The first-order valence-corrected chi connectivity index (χ1v) is 9.05. The Morgan fingerprint density at radius 3 is 2.52 bits per heavy atom. The van der Waals surface area contributed by atoms with E-state index in [4.69, 9.17) is 16.3 Å². The predicted octanol–water partition coefficient (Wildman–Crippen LogP) is 4.15. The lowest BCUT2D eigenvalue weighted by atomic mass is 9.95.